The SMILES string of the molecule is COc1nc(N)nc2c(Cl)cccc12.Cl. The van der Waals surface area contributed by atoms with Crippen LogP contribution in [0.15, 0.2) is 18.2 Å². The molecule has 0 saturated heterocycles. The Morgan fingerprint density at radius 3 is 2.73 bits per heavy atom. The zero-order valence-corrected chi connectivity index (χ0v) is 9.47. The summed E-state index contributed by atoms with van der Waals surface area (Å²) in [5.74, 6) is 0.595. The lowest BCUT2D eigenvalue weighted by molar-refractivity contribution is 0.403. The van der Waals surface area contributed by atoms with E-state index in [1.807, 2.05) is 12.1 Å². The van der Waals surface area contributed by atoms with Crippen molar-refractivity contribution in [3.8, 4) is 5.88 Å². The number of para-hydroxylation sites is 1. The van der Waals surface area contributed by atoms with Crippen LogP contribution in [0.3, 0.4) is 0 Å². The van der Waals surface area contributed by atoms with Gasteiger partial charge in [0.05, 0.1) is 23.0 Å². The average molecular weight is 246 g/mol. The van der Waals surface area contributed by atoms with Gasteiger partial charge < -0.3 is 10.5 Å². The Hall–Kier alpha value is -1.26. The van der Waals surface area contributed by atoms with E-state index in [9.17, 15) is 0 Å². The number of halogens is 2. The minimum atomic E-state index is 0. The van der Waals surface area contributed by atoms with Gasteiger partial charge in [-0.25, -0.2) is 4.98 Å². The second kappa shape index (κ2) is 4.51. The summed E-state index contributed by atoms with van der Waals surface area (Å²) in [6.07, 6.45) is 0. The monoisotopic (exact) mass is 245 g/mol. The highest BCUT2D eigenvalue weighted by molar-refractivity contribution is 6.35. The predicted molar refractivity (Wildman–Crippen MR) is 62.8 cm³/mol. The van der Waals surface area contributed by atoms with E-state index >= 15 is 0 Å². The first-order chi connectivity index (χ1) is 6.72. The lowest BCUT2D eigenvalue weighted by Gasteiger charge is -2.05. The third kappa shape index (κ3) is 2.06. The molecule has 0 spiro atoms. The van der Waals surface area contributed by atoms with Crippen molar-refractivity contribution in [1.29, 1.82) is 0 Å². The van der Waals surface area contributed by atoms with Crippen LogP contribution in [0, 0.1) is 0 Å². The van der Waals surface area contributed by atoms with E-state index in [4.69, 9.17) is 22.1 Å². The number of methoxy groups -OCH3 is 1. The van der Waals surface area contributed by atoms with Gasteiger partial charge >= 0.3 is 0 Å². The molecule has 0 unspecified atom stereocenters. The molecule has 0 aliphatic carbocycles. The first kappa shape index (κ1) is 11.8. The highest BCUT2D eigenvalue weighted by Gasteiger charge is 2.08. The van der Waals surface area contributed by atoms with Gasteiger partial charge in [0.2, 0.25) is 11.8 Å². The number of fused-ring (bicyclic) bond motifs is 1. The number of nitrogen functional groups attached to an aromatic ring is 1. The van der Waals surface area contributed by atoms with E-state index in [1.54, 1.807) is 6.07 Å². The van der Waals surface area contributed by atoms with Crippen LogP contribution in [0.4, 0.5) is 5.95 Å². The highest BCUT2D eigenvalue weighted by Crippen LogP contribution is 2.27. The van der Waals surface area contributed by atoms with E-state index in [-0.39, 0.29) is 18.4 Å². The molecular formula is C9H9Cl2N3O. The Kier molecular flexibility index (Phi) is 3.55. The molecule has 80 valence electrons. The van der Waals surface area contributed by atoms with Crippen LogP contribution < -0.4 is 10.5 Å². The minimum Gasteiger partial charge on any atom is -0.480 e. The van der Waals surface area contributed by atoms with Gasteiger partial charge in [-0.15, -0.1) is 12.4 Å². The molecule has 0 aliphatic rings. The van der Waals surface area contributed by atoms with Crippen molar-refractivity contribution in [3.63, 3.8) is 0 Å². The number of rotatable bonds is 1. The van der Waals surface area contributed by atoms with Crippen LogP contribution in [-0.4, -0.2) is 17.1 Å². The average Bonchev–Trinajstić information content (AvgIpc) is 2.18. The molecule has 1 aromatic heterocycles. The number of nitrogens with two attached hydrogens (primary N) is 1. The summed E-state index contributed by atoms with van der Waals surface area (Å²) in [7, 11) is 1.53. The summed E-state index contributed by atoms with van der Waals surface area (Å²) < 4.78 is 5.07. The molecular weight excluding hydrogens is 237 g/mol. The van der Waals surface area contributed by atoms with Crippen LogP contribution in [0.2, 0.25) is 5.02 Å². The van der Waals surface area contributed by atoms with E-state index in [2.05, 4.69) is 9.97 Å². The third-order valence-corrected chi connectivity index (χ3v) is 2.16. The number of hydrogen-bond acceptors (Lipinski definition) is 4. The molecule has 0 fully saturated rings. The highest BCUT2D eigenvalue weighted by atomic mass is 35.5. The first-order valence-corrected chi connectivity index (χ1v) is 4.36. The van der Waals surface area contributed by atoms with Crippen molar-refractivity contribution in [2.24, 2.45) is 0 Å². The molecule has 0 aliphatic heterocycles. The van der Waals surface area contributed by atoms with Gasteiger partial charge in [0.1, 0.15) is 0 Å². The Labute approximate surface area is 97.8 Å². The summed E-state index contributed by atoms with van der Waals surface area (Å²) in [4.78, 5) is 7.99. The number of aromatic nitrogens is 2. The Morgan fingerprint density at radius 1 is 1.33 bits per heavy atom. The first-order valence-electron chi connectivity index (χ1n) is 3.98. The number of anilines is 1. The molecule has 0 amide bonds. The fourth-order valence-corrected chi connectivity index (χ4v) is 1.48. The van der Waals surface area contributed by atoms with Gasteiger partial charge in [-0.2, -0.15) is 4.98 Å². The second-order valence-corrected chi connectivity index (χ2v) is 3.13. The lowest BCUT2D eigenvalue weighted by Crippen LogP contribution is -1.98. The van der Waals surface area contributed by atoms with Crippen molar-refractivity contribution in [3.05, 3.63) is 23.2 Å². The van der Waals surface area contributed by atoms with Gasteiger partial charge in [-0.3, -0.25) is 0 Å². The summed E-state index contributed by atoms with van der Waals surface area (Å²) >= 11 is 5.96. The summed E-state index contributed by atoms with van der Waals surface area (Å²) in [6, 6.07) is 5.39. The maximum absolute atomic E-state index is 5.96. The molecule has 1 aromatic carbocycles. The fraction of sp³-hybridized carbons (Fsp3) is 0.111. The van der Waals surface area contributed by atoms with Gasteiger partial charge in [0.15, 0.2) is 0 Å². The maximum Gasteiger partial charge on any atom is 0.226 e. The molecule has 4 nitrogen and oxygen atoms in total. The van der Waals surface area contributed by atoms with E-state index < -0.39 is 0 Å². The summed E-state index contributed by atoms with van der Waals surface area (Å²) in [6.45, 7) is 0. The van der Waals surface area contributed by atoms with Gasteiger partial charge in [0, 0.05) is 0 Å². The van der Waals surface area contributed by atoms with Crippen molar-refractivity contribution in [1.82, 2.24) is 9.97 Å². The molecule has 6 heteroatoms. The van der Waals surface area contributed by atoms with Crippen LogP contribution in [-0.2, 0) is 0 Å². The standard InChI is InChI=1S/C9H8ClN3O.ClH/c1-14-8-5-3-2-4-6(10)7(5)12-9(11)13-8;/h2-4H,1H3,(H2,11,12,13);1H. The van der Waals surface area contributed by atoms with Crippen molar-refractivity contribution in [2.45, 2.75) is 0 Å². The number of benzene rings is 1. The lowest BCUT2D eigenvalue weighted by atomic mass is 10.2. The van der Waals surface area contributed by atoms with Gasteiger partial charge in [-0.1, -0.05) is 17.7 Å². The van der Waals surface area contributed by atoms with Crippen LogP contribution >= 0.6 is 24.0 Å². The summed E-state index contributed by atoms with van der Waals surface area (Å²) in [5, 5.41) is 1.30. The quantitative estimate of drug-likeness (QED) is 0.838. The van der Waals surface area contributed by atoms with E-state index in [0.29, 0.717) is 16.4 Å². The van der Waals surface area contributed by atoms with Gasteiger partial charge in [0.25, 0.3) is 0 Å². The number of hydrogen-bond donors (Lipinski definition) is 1. The number of nitrogens with zero attached hydrogens (tertiary/aromatic N) is 2. The smallest absolute Gasteiger partial charge is 0.226 e. The Balaban J connectivity index is 0.00000112. The van der Waals surface area contributed by atoms with Crippen molar-refractivity contribution >= 4 is 40.9 Å². The Bertz CT molecular complexity index is 490. The maximum atomic E-state index is 5.96. The van der Waals surface area contributed by atoms with Crippen LogP contribution in [0.25, 0.3) is 10.9 Å². The van der Waals surface area contributed by atoms with Crippen molar-refractivity contribution < 1.29 is 4.74 Å². The Morgan fingerprint density at radius 2 is 2.07 bits per heavy atom. The molecule has 15 heavy (non-hydrogen) atoms. The molecule has 0 atom stereocenters. The molecule has 2 rings (SSSR count). The van der Waals surface area contributed by atoms with Crippen molar-refractivity contribution in [2.75, 3.05) is 12.8 Å². The summed E-state index contributed by atoms with van der Waals surface area (Å²) in [5.41, 5.74) is 6.12. The van der Waals surface area contributed by atoms with E-state index in [0.717, 1.165) is 5.39 Å². The topological polar surface area (TPSA) is 61.0 Å². The molecule has 0 bridgehead atoms. The molecule has 0 radical (unpaired) electrons. The number of ether oxygens (including phenoxy) is 1. The van der Waals surface area contributed by atoms with E-state index in [1.165, 1.54) is 7.11 Å². The minimum absolute atomic E-state index is 0. The fourth-order valence-electron chi connectivity index (χ4n) is 1.26. The largest absolute Gasteiger partial charge is 0.480 e. The van der Waals surface area contributed by atoms with Crippen LogP contribution in [0.5, 0.6) is 5.88 Å². The van der Waals surface area contributed by atoms with Gasteiger partial charge in [-0.05, 0) is 12.1 Å². The zero-order valence-electron chi connectivity index (χ0n) is 7.90. The predicted octanol–water partition coefficient (Wildman–Crippen LogP) is 2.30. The zero-order chi connectivity index (χ0) is 10.1. The molecule has 2 aromatic rings. The molecule has 2 N–H and O–H groups in total. The third-order valence-electron chi connectivity index (χ3n) is 1.85. The second-order valence-electron chi connectivity index (χ2n) is 2.73. The normalized spacial score (nSPS) is 9.73. The molecule has 1 heterocycles. The molecule has 0 saturated carbocycles. The van der Waals surface area contributed by atoms with Crippen LogP contribution in [0.1, 0.15) is 0 Å².